The fourth-order valence-electron chi connectivity index (χ4n) is 7.39. The molecule has 0 aliphatic heterocycles. The molecule has 3 heterocycles. The van der Waals surface area contributed by atoms with Crippen LogP contribution in [0.1, 0.15) is 0 Å². The van der Waals surface area contributed by atoms with Crippen molar-refractivity contribution in [1.82, 2.24) is 13.7 Å². The molecule has 3 aromatic heterocycles. The van der Waals surface area contributed by atoms with Crippen LogP contribution in [0.5, 0.6) is 0 Å². The van der Waals surface area contributed by atoms with Crippen molar-refractivity contribution in [1.29, 1.82) is 0 Å². The number of hydrogen-bond acceptors (Lipinski definition) is 0. The van der Waals surface area contributed by atoms with E-state index in [0.29, 0.717) is 0 Å². The second-order valence-electron chi connectivity index (χ2n) is 12.1. The molecule has 10 rings (SSSR count). The first-order valence-corrected chi connectivity index (χ1v) is 16.0. The van der Waals surface area contributed by atoms with Crippen LogP contribution in [0.25, 0.3) is 82.7 Å². The zero-order valence-corrected chi connectivity index (χ0v) is 28.8. The predicted molar refractivity (Wildman–Crippen MR) is 195 cm³/mol. The molecule has 4 heteroatoms. The Morgan fingerprint density at radius 1 is 0.375 bits per heavy atom. The molecule has 10 aromatic rings. The zero-order chi connectivity index (χ0) is 30.9. The molecule has 0 saturated heterocycles. The summed E-state index contributed by atoms with van der Waals surface area (Å²) in [5.74, 6) is 0. The van der Waals surface area contributed by atoms with Crippen LogP contribution in [-0.4, -0.2) is 13.7 Å². The van der Waals surface area contributed by atoms with Crippen LogP contribution in [-0.2, 0) is 32.7 Å². The van der Waals surface area contributed by atoms with Gasteiger partial charge < -0.3 is 13.7 Å². The van der Waals surface area contributed by atoms with Crippen LogP contribution in [0, 0.1) is 12.3 Å². The smallest absolute Gasteiger partial charge is 0.0540 e. The van der Waals surface area contributed by atoms with Crippen LogP contribution in [0.4, 0.5) is 0 Å². The van der Waals surface area contributed by atoms with E-state index in [2.05, 4.69) is 190 Å². The third kappa shape index (κ3) is 4.35. The number of rotatable bonds is 4. The molecule has 0 spiro atoms. The van der Waals surface area contributed by atoms with Crippen molar-refractivity contribution in [3.8, 4) is 28.2 Å². The summed E-state index contributed by atoms with van der Waals surface area (Å²) in [5.41, 5.74) is 11.2. The maximum absolute atomic E-state index is 3.79. The molecule has 48 heavy (non-hydrogen) atoms. The molecule has 0 amide bonds. The summed E-state index contributed by atoms with van der Waals surface area (Å²) < 4.78 is 6.84. The second kappa shape index (κ2) is 11.5. The molecular weight excluding hydrogens is 659 g/mol. The van der Waals surface area contributed by atoms with Gasteiger partial charge >= 0.3 is 0 Å². The molecule has 0 bridgehead atoms. The Morgan fingerprint density at radius 2 is 0.896 bits per heavy atom. The van der Waals surface area contributed by atoms with Crippen molar-refractivity contribution >= 4 is 54.5 Å². The summed E-state index contributed by atoms with van der Waals surface area (Å²) in [6, 6.07) is 62.1. The Morgan fingerprint density at radius 3 is 1.58 bits per heavy atom. The van der Waals surface area contributed by atoms with Crippen molar-refractivity contribution in [2.45, 2.75) is 0 Å². The first-order chi connectivity index (χ1) is 23.3. The molecule has 0 unspecified atom stereocenters. The summed E-state index contributed by atoms with van der Waals surface area (Å²) in [6.45, 7) is 0. The van der Waals surface area contributed by atoms with Crippen molar-refractivity contribution < 1.29 is 32.7 Å². The van der Waals surface area contributed by atoms with E-state index >= 15 is 0 Å². The number of fused-ring (bicyclic) bond motifs is 7. The van der Waals surface area contributed by atoms with Gasteiger partial charge in [0.15, 0.2) is 0 Å². The Bertz CT molecular complexity index is 2750. The van der Waals surface area contributed by atoms with Gasteiger partial charge in [0.1, 0.15) is 0 Å². The van der Waals surface area contributed by atoms with Crippen LogP contribution in [0.3, 0.4) is 0 Å². The Labute approximate surface area is 303 Å². The molecule has 223 valence electrons. The van der Waals surface area contributed by atoms with E-state index in [9.17, 15) is 0 Å². The van der Waals surface area contributed by atoms with Gasteiger partial charge in [0.2, 0.25) is 0 Å². The summed E-state index contributed by atoms with van der Waals surface area (Å²) in [7, 11) is 0. The van der Waals surface area contributed by atoms with Crippen LogP contribution in [0.2, 0.25) is 0 Å². The fraction of sp³-hybridized carbons (Fsp3) is 0. The Balaban J connectivity index is 0.00000314. The second-order valence-corrected chi connectivity index (χ2v) is 12.1. The summed E-state index contributed by atoms with van der Waals surface area (Å²) in [5, 5.41) is 6.11. The molecule has 0 aliphatic rings. The fourth-order valence-corrected chi connectivity index (χ4v) is 7.39. The summed E-state index contributed by atoms with van der Waals surface area (Å²) in [6.07, 6.45) is 3.79. The normalized spacial score (nSPS) is 11.6. The van der Waals surface area contributed by atoms with Gasteiger partial charge in [0.05, 0.1) is 22.1 Å². The maximum Gasteiger partial charge on any atom is 0.0540 e. The van der Waals surface area contributed by atoms with Gasteiger partial charge in [-0.15, -0.1) is 11.8 Å². The van der Waals surface area contributed by atoms with Gasteiger partial charge in [-0.2, -0.15) is 18.2 Å². The Kier molecular flexibility index (Phi) is 6.93. The van der Waals surface area contributed by atoms with E-state index in [0.717, 1.165) is 39.1 Å². The quantitative estimate of drug-likeness (QED) is 0.164. The number of benzene rings is 7. The average molecular weight is 687 g/mol. The van der Waals surface area contributed by atoms with Gasteiger partial charge in [-0.25, -0.2) is 0 Å². The van der Waals surface area contributed by atoms with Crippen molar-refractivity contribution in [3.63, 3.8) is 0 Å². The molecule has 0 saturated carbocycles. The van der Waals surface area contributed by atoms with Gasteiger partial charge in [-0.05, 0) is 48.1 Å². The Hall–Kier alpha value is -5.22. The molecule has 3 nitrogen and oxygen atoms in total. The molecule has 0 atom stereocenters. The van der Waals surface area contributed by atoms with E-state index in [1.165, 1.54) is 43.6 Å². The largest absolute Gasteiger partial charge is 0.439 e. The first kappa shape index (κ1) is 29.0. The number of para-hydroxylation sites is 5. The van der Waals surface area contributed by atoms with Crippen LogP contribution >= 0.6 is 0 Å². The minimum Gasteiger partial charge on any atom is -0.439 e. The summed E-state index contributed by atoms with van der Waals surface area (Å²) in [4.78, 5) is 0. The van der Waals surface area contributed by atoms with Gasteiger partial charge in [0.25, 0.3) is 0 Å². The third-order valence-electron chi connectivity index (χ3n) is 9.44. The topological polar surface area (TPSA) is 14.8 Å². The van der Waals surface area contributed by atoms with Crippen LogP contribution < -0.4 is 0 Å². The SMILES string of the molecule is [Y].[c-]1c(-n2[c-]c(-c3ccc4c(c3)c3ccccc3n4-c3ccccc3)c3ccccc32)cccc1-n1c2ccccc2c2ccccc21. The molecule has 0 N–H and O–H groups in total. The minimum absolute atomic E-state index is 0. The standard InChI is InChI=1S/C44H27N3.Y/c1-2-13-31(14-3-1)46-43-24-11-7-19-36(43)38-27-30(25-26-44(38)46)39-29-45(40-21-8-4-20-37(39)40)32-15-12-16-33(28-32)47-41-22-9-5-17-34(41)35-18-6-10-23-42(35)47;/h1-27H;/q-2;. The molecule has 0 aliphatic carbocycles. The molecule has 1 radical (unpaired) electrons. The van der Waals surface area contributed by atoms with Gasteiger partial charge in [-0.3, -0.25) is 0 Å². The van der Waals surface area contributed by atoms with Crippen molar-refractivity contribution in [2.75, 3.05) is 0 Å². The first-order valence-electron chi connectivity index (χ1n) is 16.0. The monoisotopic (exact) mass is 686 g/mol. The van der Waals surface area contributed by atoms with E-state index in [1.54, 1.807) is 0 Å². The zero-order valence-electron chi connectivity index (χ0n) is 26.0. The number of nitrogens with zero attached hydrogens (tertiary/aromatic N) is 3. The molecule has 7 aromatic carbocycles. The van der Waals surface area contributed by atoms with E-state index < -0.39 is 0 Å². The minimum atomic E-state index is 0. The summed E-state index contributed by atoms with van der Waals surface area (Å²) >= 11 is 0. The van der Waals surface area contributed by atoms with E-state index in [1.807, 2.05) is 0 Å². The number of aromatic nitrogens is 3. The van der Waals surface area contributed by atoms with Crippen molar-refractivity contribution in [3.05, 3.63) is 176 Å². The molecular formula is C44H27N3Y-2. The van der Waals surface area contributed by atoms with E-state index in [4.69, 9.17) is 0 Å². The predicted octanol–water partition coefficient (Wildman–Crippen LogP) is 11.1. The van der Waals surface area contributed by atoms with E-state index in [-0.39, 0.29) is 32.7 Å². The van der Waals surface area contributed by atoms with Crippen LogP contribution in [0.15, 0.2) is 164 Å². The number of hydrogen-bond donors (Lipinski definition) is 0. The average Bonchev–Trinajstić information content (AvgIpc) is 3.80. The van der Waals surface area contributed by atoms with Gasteiger partial charge in [0, 0.05) is 59.9 Å². The molecule has 0 fully saturated rings. The maximum atomic E-state index is 3.79. The van der Waals surface area contributed by atoms with Crippen molar-refractivity contribution in [2.24, 2.45) is 0 Å². The van der Waals surface area contributed by atoms with Gasteiger partial charge in [-0.1, -0.05) is 131 Å². The third-order valence-corrected chi connectivity index (χ3v) is 9.44.